The van der Waals surface area contributed by atoms with Crippen molar-refractivity contribution in [2.75, 3.05) is 12.8 Å². The molecule has 2 N–H and O–H groups in total. The second-order valence-corrected chi connectivity index (χ2v) is 5.29. The fraction of sp³-hybridized carbons (Fsp3) is 0.133. The van der Waals surface area contributed by atoms with Crippen LogP contribution in [0, 0.1) is 0 Å². The Balaban J connectivity index is 2.14. The van der Waals surface area contributed by atoms with Gasteiger partial charge in [-0.2, -0.15) is 0 Å². The molecule has 2 rings (SSSR count). The van der Waals surface area contributed by atoms with E-state index in [0.717, 1.165) is 10.0 Å². The van der Waals surface area contributed by atoms with Gasteiger partial charge in [0.1, 0.15) is 0 Å². The van der Waals surface area contributed by atoms with Crippen molar-refractivity contribution in [2.45, 2.75) is 6.54 Å². The van der Waals surface area contributed by atoms with Crippen molar-refractivity contribution in [2.24, 2.45) is 0 Å². The highest BCUT2D eigenvalue weighted by Gasteiger charge is 2.13. The first-order valence-electron chi connectivity index (χ1n) is 5.92. The van der Waals surface area contributed by atoms with Gasteiger partial charge >= 0.3 is 0 Å². The molecule has 2 aromatic carbocycles. The fourth-order valence-electron chi connectivity index (χ4n) is 1.85. The predicted molar refractivity (Wildman–Crippen MR) is 80.8 cm³/mol. The molecule has 0 aliphatic heterocycles. The van der Waals surface area contributed by atoms with E-state index >= 15 is 0 Å². The third-order valence-corrected chi connectivity index (χ3v) is 3.37. The molecule has 0 bridgehead atoms. The van der Waals surface area contributed by atoms with Crippen LogP contribution in [-0.4, -0.2) is 17.9 Å². The number of halogens is 1. The Morgan fingerprint density at radius 3 is 2.63 bits per heavy atom. The summed E-state index contributed by atoms with van der Waals surface area (Å²) in [4.78, 5) is 13.9. The van der Waals surface area contributed by atoms with E-state index < -0.39 is 0 Å². The van der Waals surface area contributed by atoms with Crippen LogP contribution in [0.2, 0.25) is 0 Å². The summed E-state index contributed by atoms with van der Waals surface area (Å²) in [5, 5.41) is 0. The van der Waals surface area contributed by atoms with Crippen molar-refractivity contribution in [3.63, 3.8) is 0 Å². The van der Waals surface area contributed by atoms with Crippen molar-refractivity contribution in [1.29, 1.82) is 0 Å². The van der Waals surface area contributed by atoms with E-state index in [1.807, 2.05) is 42.5 Å². The molecule has 0 saturated carbocycles. The summed E-state index contributed by atoms with van der Waals surface area (Å²) in [5.41, 5.74) is 8.20. The molecule has 19 heavy (non-hydrogen) atoms. The van der Waals surface area contributed by atoms with Crippen LogP contribution < -0.4 is 5.73 Å². The number of carbonyl (C=O) groups is 1. The molecule has 0 saturated heterocycles. The second kappa shape index (κ2) is 5.89. The SMILES string of the molecule is CN(Cc1ccccc1N)C(=O)c1cccc(Br)c1. The minimum atomic E-state index is -0.0236. The fourth-order valence-corrected chi connectivity index (χ4v) is 2.25. The average Bonchev–Trinajstić information content (AvgIpc) is 2.40. The largest absolute Gasteiger partial charge is 0.398 e. The Bertz CT molecular complexity index is 598. The highest BCUT2D eigenvalue weighted by Crippen LogP contribution is 2.16. The van der Waals surface area contributed by atoms with Gasteiger partial charge in [-0.15, -0.1) is 0 Å². The Kier molecular flexibility index (Phi) is 4.22. The molecule has 0 aliphatic rings. The van der Waals surface area contributed by atoms with Crippen LogP contribution in [0.25, 0.3) is 0 Å². The average molecular weight is 319 g/mol. The van der Waals surface area contributed by atoms with Gasteiger partial charge in [-0.05, 0) is 29.8 Å². The van der Waals surface area contributed by atoms with Crippen LogP contribution in [-0.2, 0) is 6.54 Å². The maximum atomic E-state index is 12.3. The van der Waals surface area contributed by atoms with Gasteiger partial charge in [-0.3, -0.25) is 4.79 Å². The summed E-state index contributed by atoms with van der Waals surface area (Å²) in [6.07, 6.45) is 0. The Morgan fingerprint density at radius 2 is 1.95 bits per heavy atom. The monoisotopic (exact) mass is 318 g/mol. The number of para-hydroxylation sites is 1. The summed E-state index contributed by atoms with van der Waals surface area (Å²) < 4.78 is 0.894. The summed E-state index contributed by atoms with van der Waals surface area (Å²) in [6, 6.07) is 14.9. The lowest BCUT2D eigenvalue weighted by molar-refractivity contribution is 0.0785. The van der Waals surface area contributed by atoms with Gasteiger partial charge in [0, 0.05) is 29.3 Å². The number of nitrogens with zero attached hydrogens (tertiary/aromatic N) is 1. The van der Waals surface area contributed by atoms with E-state index in [9.17, 15) is 4.79 Å². The molecule has 0 fully saturated rings. The minimum Gasteiger partial charge on any atom is -0.398 e. The highest BCUT2D eigenvalue weighted by molar-refractivity contribution is 9.10. The second-order valence-electron chi connectivity index (χ2n) is 4.37. The maximum Gasteiger partial charge on any atom is 0.253 e. The normalized spacial score (nSPS) is 10.2. The van der Waals surface area contributed by atoms with Gasteiger partial charge in [0.15, 0.2) is 0 Å². The van der Waals surface area contributed by atoms with E-state index in [2.05, 4.69) is 15.9 Å². The number of anilines is 1. The lowest BCUT2D eigenvalue weighted by Crippen LogP contribution is -2.26. The van der Waals surface area contributed by atoms with Crippen LogP contribution in [0.3, 0.4) is 0 Å². The van der Waals surface area contributed by atoms with E-state index in [1.54, 1.807) is 18.0 Å². The minimum absolute atomic E-state index is 0.0236. The lowest BCUT2D eigenvalue weighted by atomic mass is 10.1. The van der Waals surface area contributed by atoms with Crippen LogP contribution in [0.15, 0.2) is 53.0 Å². The number of amides is 1. The molecule has 4 heteroatoms. The number of nitrogens with two attached hydrogens (primary N) is 1. The first-order chi connectivity index (χ1) is 9.08. The number of carbonyl (C=O) groups excluding carboxylic acids is 1. The van der Waals surface area contributed by atoms with E-state index in [1.165, 1.54) is 0 Å². The molecular formula is C15H15BrN2O. The molecule has 2 aromatic rings. The molecule has 0 heterocycles. The standard InChI is InChI=1S/C15H15BrN2O/c1-18(10-12-5-2-3-8-14(12)17)15(19)11-6-4-7-13(16)9-11/h2-9H,10,17H2,1H3. The van der Waals surface area contributed by atoms with Crippen molar-refractivity contribution < 1.29 is 4.79 Å². The third-order valence-electron chi connectivity index (χ3n) is 2.88. The lowest BCUT2D eigenvalue weighted by Gasteiger charge is -2.18. The topological polar surface area (TPSA) is 46.3 Å². The van der Waals surface area contributed by atoms with Crippen LogP contribution in [0.5, 0.6) is 0 Å². The third kappa shape index (κ3) is 3.35. The van der Waals surface area contributed by atoms with Gasteiger partial charge in [0.25, 0.3) is 5.91 Å². The van der Waals surface area contributed by atoms with E-state index in [4.69, 9.17) is 5.73 Å². The quantitative estimate of drug-likeness (QED) is 0.882. The molecule has 0 spiro atoms. The number of nitrogen functional groups attached to an aromatic ring is 1. The molecule has 0 atom stereocenters. The smallest absolute Gasteiger partial charge is 0.253 e. The van der Waals surface area contributed by atoms with Gasteiger partial charge in [0.2, 0.25) is 0 Å². The molecule has 0 radical (unpaired) electrons. The Labute approximate surface area is 121 Å². The Hall–Kier alpha value is -1.81. The van der Waals surface area contributed by atoms with Crippen molar-refractivity contribution in [3.8, 4) is 0 Å². The van der Waals surface area contributed by atoms with Crippen LogP contribution in [0.4, 0.5) is 5.69 Å². The van der Waals surface area contributed by atoms with Gasteiger partial charge < -0.3 is 10.6 Å². The zero-order valence-electron chi connectivity index (χ0n) is 10.6. The molecule has 98 valence electrons. The molecular weight excluding hydrogens is 304 g/mol. The molecule has 0 aromatic heterocycles. The Morgan fingerprint density at radius 1 is 1.21 bits per heavy atom. The maximum absolute atomic E-state index is 12.3. The van der Waals surface area contributed by atoms with Crippen molar-refractivity contribution in [1.82, 2.24) is 4.90 Å². The summed E-state index contributed by atoms with van der Waals surface area (Å²) >= 11 is 3.37. The van der Waals surface area contributed by atoms with E-state index in [0.29, 0.717) is 17.8 Å². The number of rotatable bonds is 3. The summed E-state index contributed by atoms with van der Waals surface area (Å²) in [7, 11) is 1.77. The van der Waals surface area contributed by atoms with Gasteiger partial charge in [-0.25, -0.2) is 0 Å². The first kappa shape index (κ1) is 13.6. The van der Waals surface area contributed by atoms with Gasteiger partial charge in [0.05, 0.1) is 0 Å². The zero-order valence-corrected chi connectivity index (χ0v) is 12.2. The number of hydrogen-bond donors (Lipinski definition) is 1. The molecule has 0 unspecified atom stereocenters. The van der Waals surface area contributed by atoms with Crippen molar-refractivity contribution >= 4 is 27.5 Å². The predicted octanol–water partition coefficient (Wildman–Crippen LogP) is 3.30. The zero-order chi connectivity index (χ0) is 13.8. The molecule has 3 nitrogen and oxygen atoms in total. The molecule has 0 aliphatic carbocycles. The van der Waals surface area contributed by atoms with E-state index in [-0.39, 0.29) is 5.91 Å². The number of benzene rings is 2. The van der Waals surface area contributed by atoms with Gasteiger partial charge in [-0.1, -0.05) is 40.2 Å². The highest BCUT2D eigenvalue weighted by atomic mass is 79.9. The van der Waals surface area contributed by atoms with Crippen molar-refractivity contribution in [3.05, 3.63) is 64.1 Å². The molecule has 1 amide bonds. The first-order valence-corrected chi connectivity index (χ1v) is 6.71. The van der Waals surface area contributed by atoms with Crippen LogP contribution in [0.1, 0.15) is 15.9 Å². The number of hydrogen-bond acceptors (Lipinski definition) is 2. The van der Waals surface area contributed by atoms with Crippen LogP contribution >= 0.6 is 15.9 Å². The summed E-state index contributed by atoms with van der Waals surface area (Å²) in [6.45, 7) is 0.498. The summed E-state index contributed by atoms with van der Waals surface area (Å²) in [5.74, 6) is -0.0236.